The molecule has 2 aromatic rings. The van der Waals surface area contributed by atoms with Crippen LogP contribution in [0.1, 0.15) is 16.7 Å². The second-order valence-electron chi connectivity index (χ2n) is 5.93. The number of hydrogen-bond donors (Lipinski definition) is 1. The molecule has 1 heterocycles. The highest BCUT2D eigenvalue weighted by Gasteiger charge is 2.31. The standard InChI is InChI=1S/C16H16F6N4O2/c1-8-4-9(2)11(10(3)5-8)23-12-24-13(27-6-15(17,18)19)26-14(25-12)28-7-16(20,21)22/h4-5H,6-7H2,1-3H3,(H,23,24,25,26). The minimum atomic E-state index is -4.68. The van der Waals surface area contributed by atoms with Crippen LogP contribution in [0.15, 0.2) is 12.1 Å². The molecular formula is C16H16F6N4O2. The summed E-state index contributed by atoms with van der Waals surface area (Å²) in [6, 6.07) is 2.01. The first-order chi connectivity index (χ1) is 12.8. The molecule has 0 unspecified atom stereocenters. The summed E-state index contributed by atoms with van der Waals surface area (Å²) in [7, 11) is 0. The number of nitrogens with one attached hydrogen (secondary N) is 1. The molecule has 0 spiro atoms. The first-order valence-corrected chi connectivity index (χ1v) is 7.82. The van der Waals surface area contributed by atoms with Crippen LogP contribution in [0.4, 0.5) is 38.0 Å². The number of nitrogens with zero attached hydrogens (tertiary/aromatic N) is 3. The number of hydrogen-bond acceptors (Lipinski definition) is 6. The Morgan fingerprint density at radius 2 is 1.21 bits per heavy atom. The van der Waals surface area contributed by atoms with E-state index in [2.05, 4.69) is 29.7 Å². The van der Waals surface area contributed by atoms with Crippen LogP contribution < -0.4 is 14.8 Å². The molecule has 12 heteroatoms. The van der Waals surface area contributed by atoms with Gasteiger partial charge in [0.1, 0.15) is 0 Å². The van der Waals surface area contributed by atoms with Gasteiger partial charge in [-0.3, -0.25) is 0 Å². The zero-order chi connectivity index (χ0) is 21.1. The molecule has 6 nitrogen and oxygen atoms in total. The highest BCUT2D eigenvalue weighted by atomic mass is 19.4. The van der Waals surface area contributed by atoms with Gasteiger partial charge in [0.15, 0.2) is 13.2 Å². The summed E-state index contributed by atoms with van der Waals surface area (Å²) in [5.41, 5.74) is 3.06. The predicted molar refractivity (Wildman–Crippen MR) is 86.9 cm³/mol. The number of ether oxygens (including phenoxy) is 2. The number of halogens is 6. The Morgan fingerprint density at radius 1 is 0.786 bits per heavy atom. The number of aryl methyl sites for hydroxylation is 3. The summed E-state index contributed by atoms with van der Waals surface area (Å²) in [5.74, 6) is -0.320. The molecule has 0 aliphatic rings. The van der Waals surface area contributed by atoms with Crippen LogP contribution in [0.2, 0.25) is 0 Å². The van der Waals surface area contributed by atoms with Gasteiger partial charge in [0.2, 0.25) is 5.95 Å². The van der Waals surface area contributed by atoms with Gasteiger partial charge in [0.05, 0.1) is 0 Å². The van der Waals surface area contributed by atoms with Crippen LogP contribution >= 0.6 is 0 Å². The summed E-state index contributed by atoms with van der Waals surface area (Å²) in [6.07, 6.45) is -9.37. The van der Waals surface area contributed by atoms with Crippen molar-refractivity contribution >= 4 is 11.6 Å². The monoisotopic (exact) mass is 410 g/mol. The normalized spacial score (nSPS) is 12.0. The summed E-state index contributed by atoms with van der Waals surface area (Å²) in [5, 5.41) is 2.76. The minimum Gasteiger partial charge on any atom is -0.454 e. The fourth-order valence-corrected chi connectivity index (χ4v) is 2.30. The van der Waals surface area contributed by atoms with E-state index in [1.165, 1.54) is 0 Å². The van der Waals surface area contributed by atoms with Crippen molar-refractivity contribution in [1.82, 2.24) is 15.0 Å². The molecule has 28 heavy (non-hydrogen) atoms. The van der Waals surface area contributed by atoms with Crippen molar-refractivity contribution in [2.45, 2.75) is 33.1 Å². The maximum Gasteiger partial charge on any atom is 0.422 e. The second-order valence-corrected chi connectivity index (χ2v) is 5.93. The van der Waals surface area contributed by atoms with Gasteiger partial charge in [-0.05, 0) is 31.9 Å². The molecule has 0 fully saturated rings. The molecule has 0 aliphatic carbocycles. The summed E-state index contributed by atoms with van der Waals surface area (Å²) >= 11 is 0. The van der Waals surface area contributed by atoms with Crippen molar-refractivity contribution in [1.29, 1.82) is 0 Å². The maximum absolute atomic E-state index is 12.3. The van der Waals surface area contributed by atoms with Gasteiger partial charge in [-0.2, -0.15) is 36.3 Å². The van der Waals surface area contributed by atoms with E-state index in [0.29, 0.717) is 5.69 Å². The van der Waals surface area contributed by atoms with Crippen molar-refractivity contribution in [3.05, 3.63) is 28.8 Å². The van der Waals surface area contributed by atoms with E-state index in [1.54, 1.807) is 13.8 Å². The molecule has 1 aromatic carbocycles. The van der Waals surface area contributed by atoms with Gasteiger partial charge in [-0.15, -0.1) is 4.98 Å². The first kappa shape index (κ1) is 21.5. The summed E-state index contributed by atoms with van der Waals surface area (Å²) in [6.45, 7) is 1.96. The van der Waals surface area contributed by atoms with Crippen LogP contribution in [-0.4, -0.2) is 40.5 Å². The molecule has 0 saturated heterocycles. The quantitative estimate of drug-likeness (QED) is 0.711. The fraction of sp³-hybridized carbons (Fsp3) is 0.438. The lowest BCUT2D eigenvalue weighted by atomic mass is 10.1. The summed E-state index contributed by atoms with van der Waals surface area (Å²) < 4.78 is 82.9. The Labute approximate surface area is 155 Å². The minimum absolute atomic E-state index is 0.320. The van der Waals surface area contributed by atoms with Crippen LogP contribution in [0.5, 0.6) is 12.0 Å². The molecule has 0 atom stereocenters. The Balaban J connectivity index is 2.33. The third kappa shape index (κ3) is 6.74. The largest absolute Gasteiger partial charge is 0.454 e. The van der Waals surface area contributed by atoms with Crippen molar-refractivity contribution in [2.75, 3.05) is 18.5 Å². The molecule has 0 radical (unpaired) electrons. The van der Waals surface area contributed by atoms with Gasteiger partial charge < -0.3 is 14.8 Å². The number of rotatable bonds is 6. The van der Waals surface area contributed by atoms with E-state index in [-0.39, 0.29) is 5.95 Å². The molecule has 1 N–H and O–H groups in total. The SMILES string of the molecule is Cc1cc(C)c(Nc2nc(OCC(F)(F)F)nc(OCC(F)(F)F)n2)c(C)c1. The van der Waals surface area contributed by atoms with Crippen molar-refractivity contribution in [3.63, 3.8) is 0 Å². The number of aromatic nitrogens is 3. The van der Waals surface area contributed by atoms with Crippen molar-refractivity contribution in [2.24, 2.45) is 0 Å². The third-order valence-electron chi connectivity index (χ3n) is 3.24. The lowest BCUT2D eigenvalue weighted by molar-refractivity contribution is -0.156. The van der Waals surface area contributed by atoms with E-state index in [1.807, 2.05) is 19.1 Å². The summed E-state index contributed by atoms with van der Waals surface area (Å²) in [4.78, 5) is 10.7. The molecule has 1 aromatic heterocycles. The van der Waals surface area contributed by atoms with E-state index in [4.69, 9.17) is 0 Å². The molecule has 2 rings (SSSR count). The first-order valence-electron chi connectivity index (χ1n) is 7.82. The highest BCUT2D eigenvalue weighted by Crippen LogP contribution is 2.26. The van der Waals surface area contributed by atoms with Crippen LogP contribution in [0.25, 0.3) is 0 Å². The zero-order valence-electron chi connectivity index (χ0n) is 15.0. The van der Waals surface area contributed by atoms with E-state index < -0.39 is 37.6 Å². The average molecular weight is 410 g/mol. The molecule has 0 bridgehead atoms. The average Bonchev–Trinajstić information content (AvgIpc) is 2.53. The van der Waals surface area contributed by atoms with Crippen LogP contribution in [0, 0.1) is 20.8 Å². The Bertz CT molecular complexity index is 780. The molecule has 0 amide bonds. The topological polar surface area (TPSA) is 69.2 Å². The fourth-order valence-electron chi connectivity index (χ4n) is 2.30. The van der Waals surface area contributed by atoms with Crippen LogP contribution in [0.3, 0.4) is 0 Å². The molecule has 154 valence electrons. The van der Waals surface area contributed by atoms with E-state index in [9.17, 15) is 26.3 Å². The third-order valence-corrected chi connectivity index (χ3v) is 3.24. The number of alkyl halides is 6. The van der Waals surface area contributed by atoms with Gasteiger partial charge in [-0.1, -0.05) is 17.7 Å². The zero-order valence-corrected chi connectivity index (χ0v) is 15.0. The van der Waals surface area contributed by atoms with E-state index in [0.717, 1.165) is 16.7 Å². The van der Waals surface area contributed by atoms with Gasteiger partial charge in [0, 0.05) is 5.69 Å². The predicted octanol–water partition coefficient (Wildman–Crippen LogP) is 4.42. The smallest absolute Gasteiger partial charge is 0.422 e. The number of anilines is 2. The van der Waals surface area contributed by atoms with E-state index >= 15 is 0 Å². The van der Waals surface area contributed by atoms with Crippen molar-refractivity contribution < 1.29 is 35.8 Å². The second kappa shape index (κ2) is 8.07. The Hall–Kier alpha value is -2.79. The molecular weight excluding hydrogens is 394 g/mol. The highest BCUT2D eigenvalue weighted by molar-refractivity contribution is 5.63. The Kier molecular flexibility index (Phi) is 6.20. The maximum atomic E-state index is 12.3. The lowest BCUT2D eigenvalue weighted by Gasteiger charge is -2.15. The van der Waals surface area contributed by atoms with Gasteiger partial charge in [-0.25, -0.2) is 0 Å². The van der Waals surface area contributed by atoms with Crippen molar-refractivity contribution in [3.8, 4) is 12.0 Å². The molecule has 0 aliphatic heterocycles. The number of benzene rings is 1. The lowest BCUT2D eigenvalue weighted by Crippen LogP contribution is -2.22. The van der Waals surface area contributed by atoms with Gasteiger partial charge in [0.25, 0.3) is 0 Å². The Morgan fingerprint density at radius 3 is 1.61 bits per heavy atom. The van der Waals surface area contributed by atoms with Gasteiger partial charge >= 0.3 is 24.4 Å². The molecule has 0 saturated carbocycles. The van der Waals surface area contributed by atoms with Crippen LogP contribution in [-0.2, 0) is 0 Å².